The number of rotatable bonds is 4. The number of hydrogen-bond acceptors (Lipinski definition) is 2. The number of carbonyl (C=O) groups excluding carboxylic acids is 1. The quantitative estimate of drug-likeness (QED) is 0.863. The first-order chi connectivity index (χ1) is 12.6. The Balaban J connectivity index is 1.28. The van der Waals surface area contributed by atoms with Gasteiger partial charge in [-0.15, -0.1) is 0 Å². The van der Waals surface area contributed by atoms with Gasteiger partial charge in [0.05, 0.1) is 6.20 Å². The van der Waals surface area contributed by atoms with Crippen molar-refractivity contribution in [3.8, 4) is 11.4 Å². The second kappa shape index (κ2) is 5.97. The summed E-state index contributed by atoms with van der Waals surface area (Å²) in [6, 6.07) is 8.11. The Morgan fingerprint density at radius 1 is 1.15 bits per heavy atom. The van der Waals surface area contributed by atoms with Gasteiger partial charge in [0.2, 0.25) is 0 Å². The van der Waals surface area contributed by atoms with E-state index in [9.17, 15) is 4.79 Å². The zero-order valence-corrected chi connectivity index (χ0v) is 15.4. The molecule has 1 aromatic heterocycles. The number of carbonyl (C=O) groups is 1. The Bertz CT molecular complexity index is 802. The summed E-state index contributed by atoms with van der Waals surface area (Å²) in [7, 11) is 0. The van der Waals surface area contributed by atoms with Crippen molar-refractivity contribution in [3.05, 3.63) is 41.7 Å². The van der Waals surface area contributed by atoms with Crippen LogP contribution in [0.4, 0.5) is 0 Å². The molecule has 6 rings (SSSR count). The number of aryl methyl sites for hydroxylation is 1. The second-order valence-electron chi connectivity index (χ2n) is 9.06. The van der Waals surface area contributed by atoms with Crippen LogP contribution < -0.4 is 5.32 Å². The number of amides is 1. The maximum absolute atomic E-state index is 12.7. The van der Waals surface area contributed by atoms with E-state index in [4.69, 9.17) is 0 Å². The van der Waals surface area contributed by atoms with E-state index >= 15 is 0 Å². The van der Waals surface area contributed by atoms with Gasteiger partial charge in [0.25, 0.3) is 5.91 Å². The molecule has 0 radical (unpaired) electrons. The maximum Gasteiger partial charge on any atom is 0.269 e. The lowest BCUT2D eigenvalue weighted by atomic mass is 9.49. The monoisotopic (exact) mass is 349 g/mol. The van der Waals surface area contributed by atoms with Crippen molar-refractivity contribution in [1.29, 1.82) is 0 Å². The molecule has 1 heterocycles. The van der Waals surface area contributed by atoms with Gasteiger partial charge in [-0.25, -0.2) is 4.98 Å². The molecule has 0 unspecified atom stereocenters. The molecule has 0 atom stereocenters. The summed E-state index contributed by atoms with van der Waals surface area (Å²) in [5.41, 5.74) is 3.13. The van der Waals surface area contributed by atoms with Crippen LogP contribution in [-0.4, -0.2) is 22.4 Å². The summed E-state index contributed by atoms with van der Waals surface area (Å²) in [5, 5.41) is 3.23. The lowest BCUT2D eigenvalue weighted by molar-refractivity contribution is -0.0503. The van der Waals surface area contributed by atoms with Crippen LogP contribution in [0.2, 0.25) is 0 Å². The minimum atomic E-state index is -0.0203. The van der Waals surface area contributed by atoms with Crippen molar-refractivity contribution in [2.45, 2.75) is 45.4 Å². The highest BCUT2D eigenvalue weighted by molar-refractivity contribution is 5.92. The summed E-state index contributed by atoms with van der Waals surface area (Å²) in [6.07, 6.45) is 9.93. The fourth-order valence-corrected chi connectivity index (χ4v) is 6.28. The molecule has 4 heteroatoms. The molecule has 1 amide bonds. The molecule has 4 aliphatic rings. The first kappa shape index (κ1) is 16.1. The highest BCUT2D eigenvalue weighted by atomic mass is 16.1. The van der Waals surface area contributed by atoms with Gasteiger partial charge in [0.1, 0.15) is 11.5 Å². The van der Waals surface area contributed by atoms with Crippen LogP contribution in [-0.2, 0) is 0 Å². The molecule has 4 aliphatic carbocycles. The third-order valence-corrected chi connectivity index (χ3v) is 7.01. The molecule has 2 N–H and O–H groups in total. The Morgan fingerprint density at radius 2 is 1.81 bits per heavy atom. The average molecular weight is 349 g/mol. The van der Waals surface area contributed by atoms with E-state index < -0.39 is 0 Å². The summed E-state index contributed by atoms with van der Waals surface area (Å²) in [5.74, 6) is 3.49. The minimum absolute atomic E-state index is 0.0203. The van der Waals surface area contributed by atoms with Crippen molar-refractivity contribution in [2.75, 3.05) is 6.54 Å². The average Bonchev–Trinajstić information content (AvgIpc) is 3.09. The van der Waals surface area contributed by atoms with Crippen LogP contribution in [0.25, 0.3) is 11.4 Å². The molecular formula is C22H27N3O. The van der Waals surface area contributed by atoms with E-state index in [1.807, 2.05) is 18.2 Å². The van der Waals surface area contributed by atoms with Gasteiger partial charge in [0.15, 0.2) is 0 Å². The van der Waals surface area contributed by atoms with Crippen LogP contribution in [0.3, 0.4) is 0 Å². The Morgan fingerprint density at radius 3 is 2.46 bits per heavy atom. The van der Waals surface area contributed by atoms with Crippen molar-refractivity contribution in [1.82, 2.24) is 15.3 Å². The van der Waals surface area contributed by atoms with Crippen LogP contribution in [0.15, 0.2) is 30.5 Å². The van der Waals surface area contributed by atoms with Gasteiger partial charge in [0, 0.05) is 12.1 Å². The number of nitrogens with one attached hydrogen (secondary N) is 2. The first-order valence-corrected chi connectivity index (χ1v) is 9.99. The van der Waals surface area contributed by atoms with Gasteiger partial charge < -0.3 is 10.3 Å². The number of aromatic amines is 1. The van der Waals surface area contributed by atoms with Crippen molar-refractivity contribution < 1.29 is 4.79 Å². The maximum atomic E-state index is 12.7. The molecule has 4 fully saturated rings. The van der Waals surface area contributed by atoms with E-state index in [2.05, 4.69) is 28.3 Å². The second-order valence-corrected chi connectivity index (χ2v) is 9.06. The molecule has 4 bridgehead atoms. The molecule has 1 aromatic carbocycles. The van der Waals surface area contributed by atoms with Crippen LogP contribution >= 0.6 is 0 Å². The summed E-state index contributed by atoms with van der Waals surface area (Å²) >= 11 is 0. The molecule has 2 aromatic rings. The van der Waals surface area contributed by atoms with E-state index in [1.54, 1.807) is 6.20 Å². The van der Waals surface area contributed by atoms with Crippen molar-refractivity contribution in [2.24, 2.45) is 23.2 Å². The van der Waals surface area contributed by atoms with E-state index in [-0.39, 0.29) is 5.91 Å². The minimum Gasteiger partial charge on any atom is -0.350 e. The molecule has 136 valence electrons. The topological polar surface area (TPSA) is 57.8 Å². The van der Waals surface area contributed by atoms with Crippen LogP contribution in [0, 0.1) is 30.1 Å². The Kier molecular flexibility index (Phi) is 3.70. The van der Waals surface area contributed by atoms with Gasteiger partial charge in [-0.2, -0.15) is 0 Å². The SMILES string of the molecule is Cc1ccccc1-c1ncc(C(=O)NCC23CC4CC(CC(C4)C2)C3)[nH]1. The number of nitrogens with zero attached hydrogens (tertiary/aromatic N) is 1. The standard InChI is InChI=1S/C22H27N3O/c1-14-4-2-3-5-18(14)20-23-12-19(25-20)21(26)24-13-22-9-15-6-16(10-22)8-17(7-15)11-22/h2-5,12,15-17H,6-11,13H2,1H3,(H,23,25)(H,24,26). The summed E-state index contributed by atoms with van der Waals surface area (Å²) in [6.45, 7) is 2.89. The molecule has 0 aliphatic heterocycles. The fraction of sp³-hybridized carbons (Fsp3) is 0.545. The number of aromatic nitrogens is 2. The Hall–Kier alpha value is -2.10. The Labute approximate surface area is 154 Å². The molecule has 4 nitrogen and oxygen atoms in total. The number of H-pyrrole nitrogens is 1. The van der Waals surface area contributed by atoms with Gasteiger partial charge in [-0.3, -0.25) is 4.79 Å². The fourth-order valence-electron chi connectivity index (χ4n) is 6.28. The molecule has 0 spiro atoms. The highest BCUT2D eigenvalue weighted by Gasteiger charge is 2.50. The zero-order valence-electron chi connectivity index (χ0n) is 15.4. The summed E-state index contributed by atoms with van der Waals surface area (Å²) < 4.78 is 0. The number of benzene rings is 1. The van der Waals surface area contributed by atoms with Gasteiger partial charge in [-0.05, 0) is 74.2 Å². The van der Waals surface area contributed by atoms with Crippen molar-refractivity contribution >= 4 is 5.91 Å². The molecule has 26 heavy (non-hydrogen) atoms. The van der Waals surface area contributed by atoms with Crippen LogP contribution in [0.5, 0.6) is 0 Å². The lowest BCUT2D eigenvalue weighted by Crippen LogP contribution is -2.51. The molecule has 0 saturated heterocycles. The molecule has 4 saturated carbocycles. The summed E-state index contributed by atoms with van der Waals surface area (Å²) in [4.78, 5) is 20.3. The normalized spacial score (nSPS) is 32.0. The number of hydrogen-bond donors (Lipinski definition) is 2. The van der Waals surface area contributed by atoms with Crippen LogP contribution in [0.1, 0.15) is 54.6 Å². The van der Waals surface area contributed by atoms with Gasteiger partial charge >= 0.3 is 0 Å². The number of imidazole rings is 1. The van der Waals surface area contributed by atoms with E-state index in [0.717, 1.165) is 41.2 Å². The lowest BCUT2D eigenvalue weighted by Gasteiger charge is -2.56. The predicted molar refractivity (Wildman–Crippen MR) is 102 cm³/mol. The first-order valence-electron chi connectivity index (χ1n) is 9.99. The van der Waals surface area contributed by atoms with Gasteiger partial charge in [-0.1, -0.05) is 24.3 Å². The van der Waals surface area contributed by atoms with E-state index in [0.29, 0.717) is 11.1 Å². The third kappa shape index (κ3) is 2.76. The zero-order chi connectivity index (χ0) is 17.7. The van der Waals surface area contributed by atoms with Crippen molar-refractivity contribution in [3.63, 3.8) is 0 Å². The van der Waals surface area contributed by atoms with E-state index in [1.165, 1.54) is 38.5 Å². The third-order valence-electron chi connectivity index (χ3n) is 7.01. The molecular weight excluding hydrogens is 322 g/mol. The highest BCUT2D eigenvalue weighted by Crippen LogP contribution is 2.59. The predicted octanol–water partition coefficient (Wildman–Crippen LogP) is 4.33. The largest absolute Gasteiger partial charge is 0.350 e. The smallest absolute Gasteiger partial charge is 0.269 e.